The Morgan fingerprint density at radius 2 is 2.04 bits per heavy atom. The van der Waals surface area contributed by atoms with Crippen molar-refractivity contribution in [2.75, 3.05) is 20.2 Å². The monoisotopic (exact) mass is 350 g/mol. The van der Waals surface area contributed by atoms with E-state index in [-0.39, 0.29) is 17.5 Å². The van der Waals surface area contributed by atoms with Crippen LogP contribution >= 0.6 is 11.6 Å². The molecule has 0 bridgehead atoms. The molecule has 1 N–H and O–H groups in total. The maximum Gasteiger partial charge on any atom is 0.336 e. The molecule has 1 aromatic carbocycles. The van der Waals surface area contributed by atoms with E-state index >= 15 is 0 Å². The van der Waals surface area contributed by atoms with Crippen LogP contribution in [0.3, 0.4) is 0 Å². The number of nitrogens with one attached hydrogen (secondary N) is 1. The predicted octanol–water partition coefficient (Wildman–Crippen LogP) is 1.72. The lowest BCUT2D eigenvalue weighted by atomic mass is 9.96. The summed E-state index contributed by atoms with van der Waals surface area (Å²) in [5.41, 5.74) is 2.05. The second kappa shape index (κ2) is 6.95. The second-order valence-corrected chi connectivity index (χ2v) is 6.82. The Hall–Kier alpha value is -1.85. The van der Waals surface area contributed by atoms with Crippen molar-refractivity contribution in [3.05, 3.63) is 44.8 Å². The molecule has 1 aromatic heterocycles. The standard InChI is InChI=1S/C18H20ClNO4/c1-11-7-16-14(9-15(11)19)13(8-17(21)24-16)10-20-5-3-12(4-6-20)18(22)23-2/h7-9,12H,3-6,10H2,1-2H3/p+1. The number of methoxy groups -OCH3 is 1. The summed E-state index contributed by atoms with van der Waals surface area (Å²) in [5.74, 6) is -0.129. The van der Waals surface area contributed by atoms with Gasteiger partial charge in [-0.05, 0) is 24.6 Å². The molecule has 128 valence electrons. The molecule has 0 spiro atoms. The molecule has 0 saturated carbocycles. The van der Waals surface area contributed by atoms with E-state index in [1.165, 1.54) is 12.0 Å². The molecule has 6 heteroatoms. The molecule has 5 nitrogen and oxygen atoms in total. The van der Waals surface area contributed by atoms with Crippen LogP contribution in [0.2, 0.25) is 5.02 Å². The van der Waals surface area contributed by atoms with Crippen molar-refractivity contribution in [2.24, 2.45) is 5.92 Å². The van der Waals surface area contributed by atoms with Gasteiger partial charge in [-0.1, -0.05) is 11.6 Å². The molecule has 2 aromatic rings. The highest BCUT2D eigenvalue weighted by Crippen LogP contribution is 2.25. The molecule has 0 unspecified atom stereocenters. The van der Waals surface area contributed by atoms with Gasteiger partial charge in [0, 0.05) is 34.9 Å². The summed E-state index contributed by atoms with van der Waals surface area (Å²) in [6, 6.07) is 5.22. The number of aryl methyl sites for hydroxylation is 1. The van der Waals surface area contributed by atoms with Gasteiger partial charge in [-0.15, -0.1) is 0 Å². The van der Waals surface area contributed by atoms with E-state index in [9.17, 15) is 9.59 Å². The summed E-state index contributed by atoms with van der Waals surface area (Å²) in [6.45, 7) is 4.36. The molecule has 0 radical (unpaired) electrons. The summed E-state index contributed by atoms with van der Waals surface area (Å²) in [5, 5.41) is 1.55. The summed E-state index contributed by atoms with van der Waals surface area (Å²) >= 11 is 6.23. The Balaban J connectivity index is 1.82. The van der Waals surface area contributed by atoms with Gasteiger partial charge in [-0.2, -0.15) is 0 Å². The lowest BCUT2D eigenvalue weighted by Gasteiger charge is -2.28. The smallest absolute Gasteiger partial charge is 0.336 e. The summed E-state index contributed by atoms with van der Waals surface area (Å²) < 4.78 is 10.1. The maximum absolute atomic E-state index is 11.9. The van der Waals surface area contributed by atoms with Gasteiger partial charge >= 0.3 is 11.6 Å². The van der Waals surface area contributed by atoms with Crippen molar-refractivity contribution in [3.8, 4) is 0 Å². The van der Waals surface area contributed by atoms with E-state index in [1.807, 2.05) is 13.0 Å². The minimum Gasteiger partial charge on any atom is -0.469 e. The summed E-state index contributed by atoms with van der Waals surface area (Å²) in [6.07, 6.45) is 1.61. The van der Waals surface area contributed by atoms with Gasteiger partial charge in [0.05, 0.1) is 26.1 Å². The number of likely N-dealkylation sites (tertiary alicyclic amines) is 1. The predicted molar refractivity (Wildman–Crippen MR) is 91.4 cm³/mol. The Kier molecular flexibility index (Phi) is 4.92. The number of rotatable bonds is 3. The highest BCUT2D eigenvalue weighted by Gasteiger charge is 2.28. The number of carbonyl (C=O) groups is 1. The molecule has 0 amide bonds. The average molecular weight is 351 g/mol. The van der Waals surface area contributed by atoms with Crippen LogP contribution in [0.4, 0.5) is 0 Å². The van der Waals surface area contributed by atoms with Crippen LogP contribution in [0, 0.1) is 12.8 Å². The van der Waals surface area contributed by atoms with Crippen LogP contribution in [0.15, 0.2) is 27.4 Å². The maximum atomic E-state index is 11.9. The van der Waals surface area contributed by atoms with Gasteiger partial charge < -0.3 is 14.1 Å². The van der Waals surface area contributed by atoms with Crippen molar-refractivity contribution >= 4 is 28.5 Å². The molecule has 2 heterocycles. The zero-order valence-electron chi connectivity index (χ0n) is 13.9. The largest absolute Gasteiger partial charge is 0.469 e. The number of halogens is 1. The van der Waals surface area contributed by atoms with Crippen molar-refractivity contribution < 1.29 is 18.8 Å². The first kappa shape index (κ1) is 17.0. The first-order valence-electron chi connectivity index (χ1n) is 8.12. The van der Waals surface area contributed by atoms with Gasteiger partial charge in [0.15, 0.2) is 0 Å². The minimum atomic E-state index is -0.344. The fourth-order valence-corrected chi connectivity index (χ4v) is 3.53. The van der Waals surface area contributed by atoms with Crippen molar-refractivity contribution in [1.29, 1.82) is 0 Å². The second-order valence-electron chi connectivity index (χ2n) is 6.41. The van der Waals surface area contributed by atoms with Crippen molar-refractivity contribution in [2.45, 2.75) is 26.3 Å². The number of hydrogen-bond acceptors (Lipinski definition) is 4. The fraction of sp³-hybridized carbons (Fsp3) is 0.444. The third-order valence-electron chi connectivity index (χ3n) is 4.78. The van der Waals surface area contributed by atoms with Crippen LogP contribution < -0.4 is 10.5 Å². The lowest BCUT2D eigenvalue weighted by molar-refractivity contribution is -0.919. The average Bonchev–Trinajstić information content (AvgIpc) is 2.56. The first-order chi connectivity index (χ1) is 11.5. The van der Waals surface area contributed by atoms with Gasteiger partial charge in [-0.3, -0.25) is 4.79 Å². The molecular formula is C18H21ClNO4+. The van der Waals surface area contributed by atoms with E-state index < -0.39 is 0 Å². The molecule has 0 atom stereocenters. The number of piperidine rings is 1. The van der Waals surface area contributed by atoms with Crippen LogP contribution in [0.1, 0.15) is 24.0 Å². The molecule has 0 aliphatic carbocycles. The summed E-state index contributed by atoms with van der Waals surface area (Å²) in [7, 11) is 1.43. The Bertz CT molecular complexity index is 822. The normalized spacial score (nSPS) is 21.0. The Morgan fingerprint density at radius 3 is 2.71 bits per heavy atom. The number of fused-ring (bicyclic) bond motifs is 1. The van der Waals surface area contributed by atoms with Gasteiger partial charge in [-0.25, -0.2) is 4.79 Å². The number of esters is 1. The van der Waals surface area contributed by atoms with E-state index in [0.717, 1.165) is 49.0 Å². The number of hydrogen-bond donors (Lipinski definition) is 1. The minimum absolute atomic E-state index is 0.00608. The molecule has 1 saturated heterocycles. The first-order valence-corrected chi connectivity index (χ1v) is 8.50. The molecule has 1 aliphatic rings. The van der Waals surface area contributed by atoms with Gasteiger partial charge in [0.2, 0.25) is 0 Å². The van der Waals surface area contributed by atoms with Crippen molar-refractivity contribution in [3.63, 3.8) is 0 Å². The van der Waals surface area contributed by atoms with Crippen LogP contribution in [-0.4, -0.2) is 26.2 Å². The van der Waals surface area contributed by atoms with Crippen LogP contribution in [-0.2, 0) is 16.1 Å². The highest BCUT2D eigenvalue weighted by atomic mass is 35.5. The van der Waals surface area contributed by atoms with Gasteiger partial charge in [0.25, 0.3) is 0 Å². The van der Waals surface area contributed by atoms with E-state index in [0.29, 0.717) is 10.6 Å². The molecule has 1 aliphatic heterocycles. The van der Waals surface area contributed by atoms with Crippen LogP contribution in [0.5, 0.6) is 0 Å². The third kappa shape index (κ3) is 3.47. The molecule has 24 heavy (non-hydrogen) atoms. The quantitative estimate of drug-likeness (QED) is 0.676. The fourth-order valence-electron chi connectivity index (χ4n) is 3.37. The van der Waals surface area contributed by atoms with E-state index in [4.69, 9.17) is 20.8 Å². The third-order valence-corrected chi connectivity index (χ3v) is 5.18. The zero-order valence-corrected chi connectivity index (χ0v) is 14.6. The SMILES string of the molecule is COC(=O)C1CC[NH+](Cc2cc(=O)oc3cc(C)c(Cl)cc23)CC1. The molecular weight excluding hydrogens is 330 g/mol. The summed E-state index contributed by atoms with van der Waals surface area (Å²) in [4.78, 5) is 24.8. The number of benzene rings is 1. The van der Waals surface area contributed by atoms with Crippen molar-refractivity contribution in [1.82, 2.24) is 0 Å². The highest BCUT2D eigenvalue weighted by molar-refractivity contribution is 6.32. The molecule has 1 fully saturated rings. The van der Waals surface area contributed by atoms with E-state index in [1.54, 1.807) is 12.1 Å². The topological polar surface area (TPSA) is 61.0 Å². The van der Waals surface area contributed by atoms with Gasteiger partial charge in [0.1, 0.15) is 12.1 Å². The zero-order chi connectivity index (χ0) is 17.3. The van der Waals surface area contributed by atoms with E-state index in [2.05, 4.69) is 0 Å². The van der Waals surface area contributed by atoms with Crippen LogP contribution in [0.25, 0.3) is 11.0 Å². The molecule has 3 rings (SSSR count). The Labute approximate surface area is 145 Å². The lowest BCUT2D eigenvalue weighted by Crippen LogP contribution is -3.11. The Morgan fingerprint density at radius 1 is 1.33 bits per heavy atom. The number of carbonyl (C=O) groups excluding carboxylic acids is 1. The number of ether oxygens (including phenoxy) is 1. The number of quaternary nitrogens is 1.